The fourth-order valence-electron chi connectivity index (χ4n) is 4.36. The quantitative estimate of drug-likeness (QED) is 0.620. The molecule has 2 aromatic rings. The highest BCUT2D eigenvalue weighted by molar-refractivity contribution is 9.10. The Morgan fingerprint density at radius 3 is 2.65 bits per heavy atom. The average molecular weight is 483 g/mol. The van der Waals surface area contributed by atoms with Gasteiger partial charge in [-0.05, 0) is 49.5 Å². The Labute approximate surface area is 191 Å². The van der Waals surface area contributed by atoms with Crippen molar-refractivity contribution in [1.82, 2.24) is 10.2 Å². The van der Waals surface area contributed by atoms with Crippen molar-refractivity contribution in [3.8, 4) is 0 Å². The first-order valence-corrected chi connectivity index (χ1v) is 11.6. The second-order valence-corrected chi connectivity index (χ2v) is 9.03. The zero-order chi connectivity index (χ0) is 21.8. The molecule has 4 rings (SSSR count). The lowest BCUT2D eigenvalue weighted by atomic mass is 9.89. The molecule has 5 nitrogen and oxygen atoms in total. The van der Waals surface area contributed by atoms with Gasteiger partial charge >= 0.3 is 0 Å². The van der Waals surface area contributed by atoms with Gasteiger partial charge < -0.3 is 15.0 Å². The van der Waals surface area contributed by atoms with Crippen LogP contribution in [0.1, 0.15) is 49.8 Å². The lowest BCUT2D eigenvalue weighted by Gasteiger charge is -2.44. The standard InChI is InChI=1S/C25H27BrN2O3/c1-17(18-9-3-2-4-10-18)27-24(29)16-28-21-13-7-8-14-22(21)31-23(25(28)30)15-19-11-5-6-12-20(19)26/h2-6,9-12,15,17,21-22H,7-8,13-14,16H2,1H3,(H,27,29)/b23-15+. The van der Waals surface area contributed by atoms with Crippen LogP contribution < -0.4 is 5.32 Å². The smallest absolute Gasteiger partial charge is 0.289 e. The molecule has 1 heterocycles. The van der Waals surface area contributed by atoms with Crippen LogP contribution >= 0.6 is 15.9 Å². The van der Waals surface area contributed by atoms with Crippen molar-refractivity contribution in [3.63, 3.8) is 0 Å². The van der Waals surface area contributed by atoms with E-state index in [1.807, 2.05) is 61.5 Å². The number of hydrogen-bond donors (Lipinski definition) is 1. The van der Waals surface area contributed by atoms with Crippen molar-refractivity contribution >= 4 is 33.8 Å². The summed E-state index contributed by atoms with van der Waals surface area (Å²) >= 11 is 3.53. The van der Waals surface area contributed by atoms with Crippen LogP contribution in [0.2, 0.25) is 0 Å². The van der Waals surface area contributed by atoms with E-state index in [0.29, 0.717) is 5.76 Å². The van der Waals surface area contributed by atoms with E-state index < -0.39 is 0 Å². The van der Waals surface area contributed by atoms with Gasteiger partial charge in [-0.2, -0.15) is 0 Å². The number of hydrogen-bond acceptors (Lipinski definition) is 3. The molecule has 2 amide bonds. The first kappa shape index (κ1) is 21.6. The van der Waals surface area contributed by atoms with Crippen molar-refractivity contribution in [3.05, 3.63) is 76.0 Å². The fourth-order valence-corrected chi connectivity index (χ4v) is 4.76. The van der Waals surface area contributed by atoms with Gasteiger partial charge in [0, 0.05) is 4.47 Å². The highest BCUT2D eigenvalue weighted by atomic mass is 79.9. The fraction of sp³-hybridized carbons (Fsp3) is 0.360. The van der Waals surface area contributed by atoms with Gasteiger partial charge in [-0.1, -0.05) is 70.9 Å². The number of carbonyl (C=O) groups is 2. The third-order valence-electron chi connectivity index (χ3n) is 6.00. The number of morpholine rings is 1. The number of benzene rings is 2. The van der Waals surface area contributed by atoms with Crippen molar-refractivity contribution in [2.75, 3.05) is 6.54 Å². The minimum Gasteiger partial charge on any atom is -0.482 e. The summed E-state index contributed by atoms with van der Waals surface area (Å²) < 4.78 is 7.04. The number of halogens is 1. The van der Waals surface area contributed by atoms with Gasteiger partial charge in [0.15, 0.2) is 5.76 Å². The van der Waals surface area contributed by atoms with Gasteiger partial charge in [-0.3, -0.25) is 9.59 Å². The van der Waals surface area contributed by atoms with Crippen LogP contribution in [0.25, 0.3) is 6.08 Å². The Balaban J connectivity index is 1.53. The molecule has 162 valence electrons. The average Bonchev–Trinajstić information content (AvgIpc) is 2.78. The van der Waals surface area contributed by atoms with Gasteiger partial charge in [0.2, 0.25) is 5.91 Å². The zero-order valence-electron chi connectivity index (χ0n) is 17.6. The topological polar surface area (TPSA) is 58.6 Å². The van der Waals surface area contributed by atoms with Crippen molar-refractivity contribution in [1.29, 1.82) is 0 Å². The van der Waals surface area contributed by atoms with Crippen LogP contribution in [-0.2, 0) is 14.3 Å². The van der Waals surface area contributed by atoms with Crippen LogP contribution in [0.15, 0.2) is 64.8 Å². The Morgan fingerprint density at radius 1 is 1.16 bits per heavy atom. The number of fused-ring (bicyclic) bond motifs is 1. The SMILES string of the molecule is CC(NC(=O)CN1C(=O)/C(=C\c2ccccc2Br)OC2CCCCC21)c1ccccc1. The second kappa shape index (κ2) is 9.69. The maximum atomic E-state index is 13.3. The van der Waals surface area contributed by atoms with E-state index in [-0.39, 0.29) is 36.5 Å². The normalized spacial score (nSPS) is 23.1. The molecule has 2 fully saturated rings. The van der Waals surface area contributed by atoms with Crippen LogP contribution in [-0.4, -0.2) is 35.4 Å². The third-order valence-corrected chi connectivity index (χ3v) is 6.72. The van der Waals surface area contributed by atoms with E-state index in [2.05, 4.69) is 21.2 Å². The lowest BCUT2D eigenvalue weighted by molar-refractivity contribution is -0.152. The van der Waals surface area contributed by atoms with E-state index in [4.69, 9.17) is 4.74 Å². The summed E-state index contributed by atoms with van der Waals surface area (Å²) in [6.45, 7) is 1.99. The largest absolute Gasteiger partial charge is 0.482 e. The molecule has 3 atom stereocenters. The van der Waals surface area contributed by atoms with E-state index >= 15 is 0 Å². The Bertz CT molecular complexity index is 976. The van der Waals surface area contributed by atoms with E-state index in [1.54, 1.807) is 11.0 Å². The number of nitrogens with one attached hydrogen (secondary N) is 1. The summed E-state index contributed by atoms with van der Waals surface area (Å²) in [5.74, 6) is -0.0726. The molecule has 1 saturated heterocycles. The molecule has 1 N–H and O–H groups in total. The van der Waals surface area contributed by atoms with Gasteiger partial charge in [0.05, 0.1) is 12.1 Å². The predicted octanol–water partition coefficient (Wildman–Crippen LogP) is 4.84. The second-order valence-electron chi connectivity index (χ2n) is 8.17. The minimum absolute atomic E-state index is 0.0355. The Kier molecular flexibility index (Phi) is 6.76. The molecule has 0 bridgehead atoms. The van der Waals surface area contributed by atoms with E-state index in [0.717, 1.165) is 41.3 Å². The molecule has 31 heavy (non-hydrogen) atoms. The summed E-state index contributed by atoms with van der Waals surface area (Å²) in [4.78, 5) is 27.9. The first-order chi connectivity index (χ1) is 15.0. The first-order valence-electron chi connectivity index (χ1n) is 10.8. The molecule has 1 aliphatic heterocycles. The Morgan fingerprint density at radius 2 is 1.87 bits per heavy atom. The van der Waals surface area contributed by atoms with Gasteiger partial charge in [0.25, 0.3) is 5.91 Å². The molecule has 3 unspecified atom stereocenters. The summed E-state index contributed by atoms with van der Waals surface area (Å²) in [6.07, 6.45) is 5.57. The molecule has 6 heteroatoms. The minimum atomic E-state index is -0.221. The monoisotopic (exact) mass is 482 g/mol. The van der Waals surface area contributed by atoms with Crippen LogP contribution in [0.4, 0.5) is 0 Å². The van der Waals surface area contributed by atoms with Gasteiger partial charge in [0.1, 0.15) is 12.6 Å². The van der Waals surface area contributed by atoms with E-state index in [9.17, 15) is 9.59 Å². The van der Waals surface area contributed by atoms with Crippen molar-refractivity contribution < 1.29 is 14.3 Å². The van der Waals surface area contributed by atoms with Crippen molar-refractivity contribution in [2.24, 2.45) is 0 Å². The molecular weight excluding hydrogens is 456 g/mol. The Hall–Kier alpha value is -2.60. The maximum absolute atomic E-state index is 13.3. The summed E-state index contributed by atoms with van der Waals surface area (Å²) in [6, 6.07) is 17.4. The number of nitrogens with zero attached hydrogens (tertiary/aromatic N) is 1. The highest BCUT2D eigenvalue weighted by Crippen LogP contribution is 2.33. The molecule has 1 aliphatic carbocycles. The molecule has 1 saturated carbocycles. The number of rotatable bonds is 5. The van der Waals surface area contributed by atoms with Gasteiger partial charge in [-0.25, -0.2) is 0 Å². The summed E-state index contributed by atoms with van der Waals surface area (Å²) in [5.41, 5.74) is 1.91. The molecule has 0 radical (unpaired) electrons. The zero-order valence-corrected chi connectivity index (χ0v) is 19.2. The summed E-state index contributed by atoms with van der Waals surface area (Å²) in [7, 11) is 0. The maximum Gasteiger partial charge on any atom is 0.289 e. The van der Waals surface area contributed by atoms with Crippen molar-refractivity contribution in [2.45, 2.75) is 50.8 Å². The van der Waals surface area contributed by atoms with Crippen LogP contribution in [0.3, 0.4) is 0 Å². The van der Waals surface area contributed by atoms with Gasteiger partial charge in [-0.15, -0.1) is 0 Å². The third kappa shape index (κ3) is 5.01. The highest BCUT2D eigenvalue weighted by Gasteiger charge is 2.42. The predicted molar refractivity (Wildman–Crippen MR) is 124 cm³/mol. The number of ether oxygens (including phenoxy) is 1. The van der Waals surface area contributed by atoms with Crippen LogP contribution in [0.5, 0.6) is 0 Å². The molecule has 2 aromatic carbocycles. The lowest BCUT2D eigenvalue weighted by Crippen LogP contribution is -2.57. The molecule has 0 spiro atoms. The summed E-state index contributed by atoms with van der Waals surface area (Å²) in [5, 5.41) is 3.03. The molecule has 2 aliphatic rings. The molecule has 0 aromatic heterocycles. The number of carbonyl (C=O) groups excluding carboxylic acids is 2. The van der Waals surface area contributed by atoms with Crippen LogP contribution in [0, 0.1) is 0 Å². The molecular formula is C25H27BrN2O3. The van der Waals surface area contributed by atoms with E-state index in [1.165, 1.54) is 0 Å². The number of amides is 2.